The maximum absolute atomic E-state index is 14.0. The second-order valence-corrected chi connectivity index (χ2v) is 11.3. The van der Waals surface area contributed by atoms with E-state index in [4.69, 9.17) is 13.9 Å². The molecule has 43 heavy (non-hydrogen) atoms. The molecule has 6 rings (SSSR count). The van der Waals surface area contributed by atoms with Gasteiger partial charge in [-0.2, -0.15) is 0 Å². The van der Waals surface area contributed by atoms with E-state index >= 15 is 0 Å². The van der Waals surface area contributed by atoms with Gasteiger partial charge in [-0.15, -0.1) is 0 Å². The Morgan fingerprint density at radius 1 is 1.16 bits per heavy atom. The van der Waals surface area contributed by atoms with Gasteiger partial charge < -0.3 is 33.6 Å². The zero-order valence-corrected chi connectivity index (χ0v) is 25.2. The second-order valence-electron chi connectivity index (χ2n) is 10.7. The number of rotatable bonds is 5. The second kappa shape index (κ2) is 11.0. The SMILES string of the molecule is COC(=O)c1c(C)[nH]c2c(OC(=O)N3CCN(C)CC3)cc3c(c12)[C@H](CBr)CN3C(=O)c1cc2cc([N+](=O)[O-])ccc2o1. The number of furan rings is 1. The van der Waals surface area contributed by atoms with E-state index in [0.717, 1.165) is 5.56 Å². The molecule has 13 nitrogen and oxygen atoms in total. The summed E-state index contributed by atoms with van der Waals surface area (Å²) in [7, 11) is 3.28. The number of nitro benzene ring substituents is 1. The molecule has 2 aliphatic rings. The number of nitrogens with one attached hydrogen (secondary N) is 1. The zero-order valence-electron chi connectivity index (χ0n) is 23.6. The van der Waals surface area contributed by atoms with Gasteiger partial charge in [-0.05, 0) is 31.7 Å². The third-order valence-electron chi connectivity index (χ3n) is 8.05. The lowest BCUT2D eigenvalue weighted by atomic mass is 9.95. The smallest absolute Gasteiger partial charge is 0.415 e. The fourth-order valence-corrected chi connectivity index (χ4v) is 6.34. The van der Waals surface area contributed by atoms with Crippen LogP contribution in [0.2, 0.25) is 0 Å². The number of ether oxygens (including phenoxy) is 2. The van der Waals surface area contributed by atoms with Gasteiger partial charge in [0, 0.05) is 78.6 Å². The van der Waals surface area contributed by atoms with Crippen molar-refractivity contribution in [3.8, 4) is 5.75 Å². The van der Waals surface area contributed by atoms with Gasteiger partial charge in [0.05, 0.1) is 28.8 Å². The molecule has 2 aliphatic heterocycles. The van der Waals surface area contributed by atoms with E-state index in [0.29, 0.717) is 70.3 Å². The number of fused-ring (bicyclic) bond motifs is 4. The number of hydrogen-bond acceptors (Lipinski definition) is 9. The van der Waals surface area contributed by atoms with Crippen molar-refractivity contribution in [3.63, 3.8) is 0 Å². The molecule has 1 N–H and O–H groups in total. The largest absolute Gasteiger partial charge is 0.465 e. The number of halogens is 1. The van der Waals surface area contributed by atoms with Crippen LogP contribution in [0.1, 0.15) is 38.1 Å². The highest BCUT2D eigenvalue weighted by atomic mass is 79.9. The van der Waals surface area contributed by atoms with E-state index in [-0.39, 0.29) is 29.7 Å². The monoisotopic (exact) mass is 653 g/mol. The molecule has 0 unspecified atom stereocenters. The number of non-ortho nitro benzene ring substituents is 1. The van der Waals surface area contributed by atoms with Crippen LogP contribution >= 0.6 is 15.9 Å². The van der Waals surface area contributed by atoms with Crippen LogP contribution in [0.3, 0.4) is 0 Å². The average Bonchev–Trinajstić information content (AvgIpc) is 3.69. The molecule has 2 amide bonds. The molecule has 14 heteroatoms. The molecule has 1 fully saturated rings. The Labute approximate surface area is 253 Å². The lowest BCUT2D eigenvalue weighted by Gasteiger charge is -2.31. The van der Waals surface area contributed by atoms with Gasteiger partial charge >= 0.3 is 12.1 Å². The summed E-state index contributed by atoms with van der Waals surface area (Å²) in [5.74, 6) is -1.11. The standard InChI is InChI=1S/C29H28BrN5O8/c1-15-23(28(37)41-3)25-24-17(13-30)14-34(27(36)22-11-16-10-18(35(39)40)4-5-20(16)42-22)19(24)12-21(26(25)31-15)43-29(38)33-8-6-32(2)7-9-33/h4-5,10-12,17,31H,6-9,13-14H2,1-3H3/t17-/m1/s1. The van der Waals surface area contributed by atoms with Gasteiger partial charge in [0.2, 0.25) is 0 Å². The van der Waals surface area contributed by atoms with Crippen molar-refractivity contribution >= 4 is 67.1 Å². The van der Waals surface area contributed by atoms with Gasteiger partial charge in [0.15, 0.2) is 11.5 Å². The Balaban J connectivity index is 1.47. The molecule has 1 saturated heterocycles. The highest BCUT2D eigenvalue weighted by Crippen LogP contribution is 2.48. The molecular formula is C29H28BrN5O8. The van der Waals surface area contributed by atoms with E-state index in [9.17, 15) is 24.5 Å². The van der Waals surface area contributed by atoms with E-state index in [1.165, 1.54) is 36.3 Å². The number of aromatic amines is 1. The Bertz CT molecular complexity index is 1810. The maximum atomic E-state index is 14.0. The molecule has 0 spiro atoms. The Hall–Kier alpha value is -4.43. The molecule has 0 saturated carbocycles. The highest BCUT2D eigenvalue weighted by Gasteiger charge is 2.39. The summed E-state index contributed by atoms with van der Waals surface area (Å²) >= 11 is 3.57. The van der Waals surface area contributed by atoms with Crippen molar-refractivity contribution < 1.29 is 33.2 Å². The van der Waals surface area contributed by atoms with E-state index in [1.54, 1.807) is 17.9 Å². The van der Waals surface area contributed by atoms with Gasteiger partial charge in [0.25, 0.3) is 11.6 Å². The van der Waals surface area contributed by atoms with Crippen LogP contribution in [0, 0.1) is 17.0 Å². The molecule has 2 aromatic heterocycles. The zero-order chi connectivity index (χ0) is 30.6. The first-order chi connectivity index (χ1) is 20.6. The van der Waals surface area contributed by atoms with Gasteiger partial charge in [-0.25, -0.2) is 9.59 Å². The number of carbonyl (C=O) groups excluding carboxylic acids is 3. The Morgan fingerprint density at radius 2 is 1.91 bits per heavy atom. The number of benzene rings is 2. The minimum atomic E-state index is -0.564. The molecule has 0 radical (unpaired) electrons. The van der Waals surface area contributed by atoms with Gasteiger partial charge in [0.1, 0.15) is 5.58 Å². The predicted octanol–water partition coefficient (Wildman–Crippen LogP) is 4.80. The van der Waals surface area contributed by atoms with Crippen molar-refractivity contribution in [2.45, 2.75) is 12.8 Å². The fraction of sp³-hybridized carbons (Fsp3) is 0.345. The Kier molecular flexibility index (Phi) is 7.34. The van der Waals surface area contributed by atoms with Gasteiger partial charge in [-0.1, -0.05) is 15.9 Å². The topological polar surface area (TPSA) is 151 Å². The molecule has 0 aliphatic carbocycles. The number of likely N-dealkylation sites (N-methyl/N-ethyl adjacent to an activating group) is 1. The van der Waals surface area contributed by atoms with Crippen LogP contribution in [0.15, 0.2) is 34.7 Å². The van der Waals surface area contributed by atoms with Crippen LogP contribution in [0.25, 0.3) is 21.9 Å². The molecule has 0 bridgehead atoms. The fourth-order valence-electron chi connectivity index (χ4n) is 5.81. The average molecular weight is 654 g/mol. The number of amides is 2. The van der Waals surface area contributed by atoms with Crippen molar-refractivity contribution in [2.24, 2.45) is 0 Å². The first kappa shape index (κ1) is 28.7. The van der Waals surface area contributed by atoms with Crippen molar-refractivity contribution in [1.29, 1.82) is 0 Å². The van der Waals surface area contributed by atoms with Crippen LogP contribution < -0.4 is 9.64 Å². The van der Waals surface area contributed by atoms with Crippen molar-refractivity contribution in [3.05, 3.63) is 63.0 Å². The Morgan fingerprint density at radius 3 is 2.58 bits per heavy atom. The maximum Gasteiger partial charge on any atom is 0.415 e. The third kappa shape index (κ3) is 4.89. The summed E-state index contributed by atoms with van der Waals surface area (Å²) in [6.07, 6.45) is -0.534. The number of aromatic nitrogens is 1. The first-order valence-corrected chi connectivity index (χ1v) is 14.7. The van der Waals surface area contributed by atoms with Crippen LogP contribution in [0.5, 0.6) is 5.75 Å². The number of carbonyl (C=O) groups is 3. The summed E-state index contributed by atoms with van der Waals surface area (Å²) in [6.45, 7) is 4.39. The normalized spacial score (nSPS) is 17.0. The quantitative estimate of drug-likeness (QED) is 0.138. The molecule has 2 aromatic carbocycles. The van der Waals surface area contributed by atoms with Crippen LogP contribution in [0.4, 0.5) is 16.2 Å². The number of methoxy groups -OCH3 is 1. The first-order valence-electron chi connectivity index (χ1n) is 13.6. The van der Waals surface area contributed by atoms with Crippen LogP contribution in [-0.2, 0) is 4.74 Å². The number of H-pyrrole nitrogens is 1. The number of piperazine rings is 1. The minimum Gasteiger partial charge on any atom is -0.465 e. The molecule has 4 heterocycles. The van der Waals surface area contributed by atoms with Crippen LogP contribution in [-0.4, -0.2) is 89.9 Å². The number of hydrogen-bond donors (Lipinski definition) is 1. The van der Waals surface area contributed by atoms with Crippen molar-refractivity contribution in [2.75, 3.05) is 57.1 Å². The van der Waals surface area contributed by atoms with Gasteiger partial charge in [-0.3, -0.25) is 14.9 Å². The highest BCUT2D eigenvalue weighted by molar-refractivity contribution is 9.09. The number of esters is 1. The minimum absolute atomic E-state index is 0.00816. The molecule has 1 atom stereocenters. The summed E-state index contributed by atoms with van der Waals surface area (Å²) < 4.78 is 16.9. The number of alkyl halides is 1. The van der Waals surface area contributed by atoms with E-state index in [2.05, 4.69) is 25.8 Å². The lowest BCUT2D eigenvalue weighted by Crippen LogP contribution is -2.48. The predicted molar refractivity (Wildman–Crippen MR) is 161 cm³/mol. The number of nitro groups is 1. The molecule has 4 aromatic rings. The summed E-state index contributed by atoms with van der Waals surface area (Å²) in [5.41, 5.74) is 2.67. The lowest BCUT2D eigenvalue weighted by molar-refractivity contribution is -0.384. The number of anilines is 1. The summed E-state index contributed by atoms with van der Waals surface area (Å²) in [4.78, 5) is 59.4. The third-order valence-corrected chi connectivity index (χ3v) is 8.83. The van der Waals surface area contributed by atoms with E-state index in [1.807, 2.05) is 7.05 Å². The molecular weight excluding hydrogens is 626 g/mol. The summed E-state index contributed by atoms with van der Waals surface area (Å²) in [6, 6.07) is 7.22. The van der Waals surface area contributed by atoms with Crippen molar-refractivity contribution in [1.82, 2.24) is 14.8 Å². The number of nitrogens with zero attached hydrogens (tertiary/aromatic N) is 4. The summed E-state index contributed by atoms with van der Waals surface area (Å²) in [5, 5.41) is 12.7. The number of aryl methyl sites for hydroxylation is 1. The van der Waals surface area contributed by atoms with E-state index < -0.39 is 22.9 Å². The molecule has 224 valence electrons.